The van der Waals surface area contributed by atoms with Gasteiger partial charge in [0.1, 0.15) is 5.82 Å². The van der Waals surface area contributed by atoms with Crippen LogP contribution in [-0.2, 0) is 4.79 Å². The number of nitrogens with one attached hydrogen (secondary N) is 1. The van der Waals surface area contributed by atoms with Gasteiger partial charge < -0.3 is 11.1 Å². The zero-order valence-electron chi connectivity index (χ0n) is 10.7. The average molecular weight is 345 g/mol. The minimum absolute atomic E-state index is 0.113. The molecule has 0 aliphatic heterocycles. The van der Waals surface area contributed by atoms with Gasteiger partial charge >= 0.3 is 0 Å². The third kappa shape index (κ3) is 4.52. The number of carbonyl (C=O) groups is 1. The molecule has 0 atom stereocenters. The fraction of sp³-hybridized carbons (Fsp3) is 0.0714. The van der Waals surface area contributed by atoms with E-state index in [-0.39, 0.29) is 28.2 Å². The number of hydrogen-bond donors (Lipinski definition) is 2. The maximum atomic E-state index is 13.0. The molecule has 3 nitrogen and oxygen atoms in total. The van der Waals surface area contributed by atoms with Crippen LogP contribution in [0.1, 0.15) is 0 Å². The number of amides is 1. The maximum Gasteiger partial charge on any atom is 0.234 e. The van der Waals surface area contributed by atoms with E-state index >= 15 is 0 Å². The molecule has 110 valence electrons. The third-order valence-electron chi connectivity index (χ3n) is 2.52. The summed E-state index contributed by atoms with van der Waals surface area (Å²) < 4.78 is 13.0. The first kappa shape index (κ1) is 15.9. The molecule has 0 radical (unpaired) electrons. The molecule has 7 heteroatoms. The molecule has 0 saturated heterocycles. The molecule has 0 aromatic heterocycles. The van der Waals surface area contributed by atoms with Gasteiger partial charge in [-0.15, -0.1) is 11.8 Å². The van der Waals surface area contributed by atoms with Crippen molar-refractivity contribution in [3.63, 3.8) is 0 Å². The van der Waals surface area contributed by atoms with Crippen LogP contribution in [0.25, 0.3) is 0 Å². The highest BCUT2D eigenvalue weighted by Crippen LogP contribution is 2.32. The Morgan fingerprint density at radius 1 is 1.29 bits per heavy atom. The molecular weight excluding hydrogens is 334 g/mol. The molecule has 1 amide bonds. The summed E-state index contributed by atoms with van der Waals surface area (Å²) in [7, 11) is 0. The molecule has 2 aromatic rings. The van der Waals surface area contributed by atoms with Gasteiger partial charge in [0.05, 0.1) is 22.2 Å². The standard InChI is InChI=1S/C14H11Cl2FN2OS/c15-8-4-11(16)14(12(18)5-8)19-13(20)7-21-10-3-1-2-9(17)6-10/h1-6H,7,18H2,(H,19,20). The van der Waals surface area contributed by atoms with Crippen molar-refractivity contribution in [1.82, 2.24) is 0 Å². The van der Waals surface area contributed by atoms with Crippen LogP contribution in [0.2, 0.25) is 10.0 Å². The number of nitrogen functional groups attached to an aromatic ring is 1. The molecule has 0 aliphatic carbocycles. The van der Waals surface area contributed by atoms with E-state index in [0.717, 1.165) is 0 Å². The summed E-state index contributed by atoms with van der Waals surface area (Å²) in [6.07, 6.45) is 0. The van der Waals surface area contributed by atoms with Crippen LogP contribution in [-0.4, -0.2) is 11.7 Å². The lowest BCUT2D eigenvalue weighted by Crippen LogP contribution is -2.15. The normalized spacial score (nSPS) is 10.4. The van der Waals surface area contributed by atoms with Gasteiger partial charge in [0.15, 0.2) is 0 Å². The summed E-state index contributed by atoms with van der Waals surface area (Å²) in [5.41, 5.74) is 6.37. The van der Waals surface area contributed by atoms with Crippen molar-refractivity contribution >= 4 is 52.2 Å². The van der Waals surface area contributed by atoms with E-state index in [0.29, 0.717) is 15.6 Å². The SMILES string of the molecule is Nc1cc(Cl)cc(Cl)c1NC(=O)CSc1cccc(F)c1. The van der Waals surface area contributed by atoms with Crippen LogP contribution < -0.4 is 11.1 Å². The van der Waals surface area contributed by atoms with Crippen molar-refractivity contribution < 1.29 is 9.18 Å². The predicted octanol–water partition coefficient (Wildman–Crippen LogP) is 4.45. The van der Waals surface area contributed by atoms with Crippen LogP contribution in [0.3, 0.4) is 0 Å². The Balaban J connectivity index is 1.99. The summed E-state index contributed by atoms with van der Waals surface area (Å²) in [5.74, 6) is -0.521. The van der Waals surface area contributed by atoms with Crippen LogP contribution >= 0.6 is 35.0 Å². The first-order valence-corrected chi connectivity index (χ1v) is 7.62. The molecule has 0 bridgehead atoms. The quantitative estimate of drug-likeness (QED) is 0.636. The highest BCUT2D eigenvalue weighted by Gasteiger charge is 2.11. The number of rotatable bonds is 4. The molecule has 0 saturated carbocycles. The van der Waals surface area contributed by atoms with Gasteiger partial charge in [-0.1, -0.05) is 29.3 Å². The Morgan fingerprint density at radius 3 is 2.71 bits per heavy atom. The van der Waals surface area contributed by atoms with Crippen molar-refractivity contribution in [3.8, 4) is 0 Å². The Hall–Kier alpha value is -1.43. The minimum atomic E-state index is -0.342. The molecule has 2 aromatic carbocycles. The molecule has 0 heterocycles. The highest BCUT2D eigenvalue weighted by atomic mass is 35.5. The summed E-state index contributed by atoms with van der Waals surface area (Å²) in [4.78, 5) is 12.6. The number of hydrogen-bond acceptors (Lipinski definition) is 3. The summed E-state index contributed by atoms with van der Waals surface area (Å²) in [6, 6.07) is 9.02. The average Bonchev–Trinajstić information content (AvgIpc) is 2.40. The van der Waals surface area contributed by atoms with Gasteiger partial charge in [0.2, 0.25) is 5.91 Å². The minimum Gasteiger partial charge on any atom is -0.397 e. The Bertz CT molecular complexity index is 659. The van der Waals surface area contributed by atoms with E-state index < -0.39 is 0 Å². The maximum absolute atomic E-state index is 13.0. The first-order chi connectivity index (χ1) is 9.95. The third-order valence-corrected chi connectivity index (χ3v) is 4.03. The second kappa shape index (κ2) is 7.02. The first-order valence-electron chi connectivity index (χ1n) is 5.88. The molecule has 0 unspecified atom stereocenters. The second-order valence-electron chi connectivity index (χ2n) is 4.15. The summed E-state index contributed by atoms with van der Waals surface area (Å²) in [6.45, 7) is 0. The van der Waals surface area contributed by atoms with Gasteiger partial charge in [-0.05, 0) is 30.3 Å². The van der Waals surface area contributed by atoms with Gasteiger partial charge in [-0.25, -0.2) is 4.39 Å². The van der Waals surface area contributed by atoms with E-state index in [1.54, 1.807) is 12.1 Å². The smallest absolute Gasteiger partial charge is 0.234 e. The molecule has 21 heavy (non-hydrogen) atoms. The van der Waals surface area contributed by atoms with Crippen molar-refractivity contribution in [2.24, 2.45) is 0 Å². The number of thioether (sulfide) groups is 1. The van der Waals surface area contributed by atoms with E-state index in [2.05, 4.69) is 5.32 Å². The van der Waals surface area contributed by atoms with E-state index in [4.69, 9.17) is 28.9 Å². The monoisotopic (exact) mass is 344 g/mol. The lowest BCUT2D eigenvalue weighted by Gasteiger charge is -2.10. The molecule has 0 fully saturated rings. The number of benzene rings is 2. The van der Waals surface area contributed by atoms with Gasteiger partial charge in [-0.3, -0.25) is 4.79 Å². The topological polar surface area (TPSA) is 55.1 Å². The van der Waals surface area contributed by atoms with E-state index in [9.17, 15) is 9.18 Å². The van der Waals surface area contributed by atoms with Crippen LogP contribution in [0.4, 0.5) is 15.8 Å². The molecule has 3 N–H and O–H groups in total. The van der Waals surface area contributed by atoms with Gasteiger partial charge in [-0.2, -0.15) is 0 Å². The van der Waals surface area contributed by atoms with Crippen LogP contribution in [0.15, 0.2) is 41.3 Å². The van der Waals surface area contributed by atoms with Crippen molar-refractivity contribution in [2.45, 2.75) is 4.90 Å². The van der Waals surface area contributed by atoms with E-state index in [1.165, 1.54) is 36.0 Å². The Kier molecular flexibility index (Phi) is 5.33. The molecule has 0 spiro atoms. The second-order valence-corrected chi connectivity index (χ2v) is 6.04. The fourth-order valence-electron chi connectivity index (χ4n) is 1.61. The van der Waals surface area contributed by atoms with Gasteiger partial charge in [0.25, 0.3) is 0 Å². The number of anilines is 2. The Labute approximate surface area is 135 Å². The molecule has 0 aliphatic rings. The number of carbonyl (C=O) groups excluding carboxylic acids is 1. The lowest BCUT2D eigenvalue weighted by molar-refractivity contribution is -0.113. The van der Waals surface area contributed by atoms with Crippen LogP contribution in [0, 0.1) is 5.82 Å². The van der Waals surface area contributed by atoms with Crippen molar-refractivity contribution in [1.29, 1.82) is 0 Å². The Morgan fingerprint density at radius 2 is 2.05 bits per heavy atom. The highest BCUT2D eigenvalue weighted by molar-refractivity contribution is 8.00. The number of nitrogens with two attached hydrogens (primary N) is 1. The zero-order valence-corrected chi connectivity index (χ0v) is 13.0. The van der Waals surface area contributed by atoms with Crippen LogP contribution in [0.5, 0.6) is 0 Å². The lowest BCUT2D eigenvalue weighted by atomic mass is 10.2. The van der Waals surface area contributed by atoms with Gasteiger partial charge in [0, 0.05) is 9.92 Å². The summed E-state index contributed by atoms with van der Waals surface area (Å²) in [5, 5.41) is 3.28. The van der Waals surface area contributed by atoms with Crippen molar-refractivity contribution in [3.05, 3.63) is 52.3 Å². The predicted molar refractivity (Wildman–Crippen MR) is 86.6 cm³/mol. The molecular formula is C14H11Cl2FN2OS. The zero-order chi connectivity index (χ0) is 15.4. The molecule has 2 rings (SSSR count). The summed E-state index contributed by atoms with van der Waals surface area (Å²) >= 11 is 13.0. The number of halogens is 3. The largest absolute Gasteiger partial charge is 0.397 e. The fourth-order valence-corrected chi connectivity index (χ4v) is 2.90. The van der Waals surface area contributed by atoms with E-state index in [1.807, 2.05) is 0 Å². The van der Waals surface area contributed by atoms with Crippen molar-refractivity contribution in [2.75, 3.05) is 16.8 Å².